The summed E-state index contributed by atoms with van der Waals surface area (Å²) < 4.78 is 6.31. The van der Waals surface area contributed by atoms with Crippen LogP contribution in [0.1, 0.15) is 55.6 Å². The van der Waals surface area contributed by atoms with E-state index in [1.807, 2.05) is 23.8 Å². The molecule has 1 saturated heterocycles. The van der Waals surface area contributed by atoms with Crippen molar-refractivity contribution in [2.24, 2.45) is 0 Å². The lowest BCUT2D eigenvalue weighted by molar-refractivity contribution is -0.104. The van der Waals surface area contributed by atoms with Gasteiger partial charge < -0.3 is 10.1 Å². The predicted molar refractivity (Wildman–Crippen MR) is 101 cm³/mol. The first kappa shape index (κ1) is 17.1. The third-order valence-electron chi connectivity index (χ3n) is 5.91. The zero-order valence-corrected chi connectivity index (χ0v) is 15.6. The molecular formula is C20H27N3OS. The van der Waals surface area contributed by atoms with E-state index in [2.05, 4.69) is 22.4 Å². The number of aromatic nitrogens is 2. The highest BCUT2D eigenvalue weighted by molar-refractivity contribution is 7.09. The Kier molecular flexibility index (Phi) is 5.15. The zero-order chi connectivity index (χ0) is 17.0. The second-order valence-electron chi connectivity index (χ2n) is 7.51. The minimum absolute atomic E-state index is 0.102. The molecule has 0 aromatic carbocycles. The van der Waals surface area contributed by atoms with Crippen LogP contribution >= 0.6 is 11.3 Å². The van der Waals surface area contributed by atoms with Crippen LogP contribution < -0.4 is 5.32 Å². The fourth-order valence-corrected chi connectivity index (χ4v) is 5.25. The first-order valence-electron chi connectivity index (χ1n) is 9.45. The number of ether oxygens (including phenoxy) is 1. The first-order chi connectivity index (χ1) is 12.3. The van der Waals surface area contributed by atoms with Gasteiger partial charge in [-0.15, -0.1) is 11.3 Å². The Bertz CT molecular complexity index is 655. The molecule has 1 atom stereocenters. The van der Waals surface area contributed by atoms with E-state index in [4.69, 9.17) is 9.72 Å². The van der Waals surface area contributed by atoms with E-state index < -0.39 is 0 Å². The van der Waals surface area contributed by atoms with Crippen LogP contribution in [0.25, 0.3) is 0 Å². The zero-order valence-electron chi connectivity index (χ0n) is 14.7. The Morgan fingerprint density at radius 1 is 1.12 bits per heavy atom. The van der Waals surface area contributed by atoms with Crippen LogP contribution in [0.15, 0.2) is 36.0 Å². The number of thiazole rings is 1. The molecule has 25 heavy (non-hydrogen) atoms. The summed E-state index contributed by atoms with van der Waals surface area (Å²) in [5.74, 6) is 0. The third kappa shape index (κ3) is 3.78. The van der Waals surface area contributed by atoms with Gasteiger partial charge in [0.2, 0.25) is 0 Å². The summed E-state index contributed by atoms with van der Waals surface area (Å²) in [6.07, 6.45) is 12.2. The van der Waals surface area contributed by atoms with Gasteiger partial charge in [0.15, 0.2) is 0 Å². The molecule has 2 fully saturated rings. The van der Waals surface area contributed by atoms with Gasteiger partial charge in [-0.1, -0.05) is 18.9 Å². The molecule has 0 unspecified atom stereocenters. The number of hydrogen-bond donors (Lipinski definition) is 1. The molecule has 2 aliphatic rings. The van der Waals surface area contributed by atoms with Gasteiger partial charge in [-0.3, -0.25) is 4.98 Å². The Morgan fingerprint density at radius 3 is 2.80 bits per heavy atom. The lowest BCUT2D eigenvalue weighted by atomic mass is 9.68. The maximum atomic E-state index is 6.31. The quantitative estimate of drug-likeness (QED) is 0.792. The van der Waals surface area contributed by atoms with Gasteiger partial charge in [-0.25, -0.2) is 4.98 Å². The predicted octanol–water partition coefficient (Wildman–Crippen LogP) is 4.08. The average molecular weight is 358 g/mol. The molecule has 1 aliphatic carbocycles. The van der Waals surface area contributed by atoms with Crippen molar-refractivity contribution in [2.75, 3.05) is 13.2 Å². The third-order valence-corrected chi connectivity index (χ3v) is 6.69. The second-order valence-corrected chi connectivity index (χ2v) is 8.49. The molecule has 2 aromatic rings. The molecule has 4 nitrogen and oxygen atoms in total. The summed E-state index contributed by atoms with van der Waals surface area (Å²) in [5, 5.41) is 6.78. The number of hydrogen-bond acceptors (Lipinski definition) is 5. The summed E-state index contributed by atoms with van der Waals surface area (Å²) in [6, 6.07) is 6.36. The lowest BCUT2D eigenvalue weighted by Gasteiger charge is -2.46. The van der Waals surface area contributed by atoms with Crippen LogP contribution in [-0.2, 0) is 16.7 Å². The largest absolute Gasteiger partial charge is 0.375 e. The number of nitrogens with one attached hydrogen (secondary N) is 1. The van der Waals surface area contributed by atoms with E-state index in [1.165, 1.54) is 31.4 Å². The van der Waals surface area contributed by atoms with Crippen molar-refractivity contribution >= 4 is 11.3 Å². The number of nitrogens with zero attached hydrogens (tertiary/aromatic N) is 2. The Labute approximate surface area is 154 Å². The molecular weight excluding hydrogens is 330 g/mol. The summed E-state index contributed by atoms with van der Waals surface area (Å²) in [4.78, 5) is 9.12. The van der Waals surface area contributed by atoms with Crippen LogP contribution in [0.3, 0.4) is 0 Å². The molecule has 1 spiro atoms. The van der Waals surface area contributed by atoms with Crippen molar-refractivity contribution < 1.29 is 4.74 Å². The van der Waals surface area contributed by atoms with Crippen molar-refractivity contribution in [3.8, 4) is 0 Å². The topological polar surface area (TPSA) is 47.0 Å². The summed E-state index contributed by atoms with van der Waals surface area (Å²) in [5.41, 5.74) is 1.49. The van der Waals surface area contributed by atoms with Crippen LogP contribution in [-0.4, -0.2) is 28.7 Å². The van der Waals surface area contributed by atoms with Crippen molar-refractivity contribution in [3.05, 3.63) is 46.7 Å². The van der Waals surface area contributed by atoms with Gasteiger partial charge in [-0.2, -0.15) is 0 Å². The molecule has 0 amide bonds. The average Bonchev–Trinajstić information content (AvgIpc) is 3.32. The molecule has 1 N–H and O–H groups in total. The molecule has 0 radical (unpaired) electrons. The highest BCUT2D eigenvalue weighted by Crippen LogP contribution is 2.49. The lowest BCUT2D eigenvalue weighted by Crippen LogP contribution is -2.47. The Balaban J connectivity index is 1.48. The normalized spacial score (nSPS) is 25.4. The van der Waals surface area contributed by atoms with Gasteiger partial charge in [0, 0.05) is 42.0 Å². The fourth-order valence-electron chi connectivity index (χ4n) is 4.66. The van der Waals surface area contributed by atoms with Crippen molar-refractivity contribution in [3.63, 3.8) is 0 Å². The summed E-state index contributed by atoms with van der Waals surface area (Å²) in [6.45, 7) is 2.72. The highest BCUT2D eigenvalue weighted by atomic mass is 32.1. The van der Waals surface area contributed by atoms with E-state index in [9.17, 15) is 0 Å². The molecule has 4 rings (SSSR count). The molecule has 134 valence electrons. The molecule has 0 bridgehead atoms. The van der Waals surface area contributed by atoms with Gasteiger partial charge >= 0.3 is 0 Å². The van der Waals surface area contributed by atoms with Crippen LogP contribution in [0.4, 0.5) is 0 Å². The van der Waals surface area contributed by atoms with E-state index in [0.717, 1.165) is 44.0 Å². The summed E-state index contributed by atoms with van der Waals surface area (Å²) >= 11 is 1.71. The van der Waals surface area contributed by atoms with Gasteiger partial charge in [0.05, 0.1) is 5.60 Å². The molecule has 1 aliphatic heterocycles. The molecule has 1 saturated carbocycles. The molecule has 2 aromatic heterocycles. The SMILES string of the molecule is c1ccc([C@]2(CCNCc3nccs3)CCOC3(CCCC3)C2)nc1. The van der Waals surface area contributed by atoms with E-state index in [-0.39, 0.29) is 11.0 Å². The number of pyridine rings is 1. The van der Waals surface area contributed by atoms with Crippen molar-refractivity contribution in [1.29, 1.82) is 0 Å². The van der Waals surface area contributed by atoms with Crippen LogP contribution in [0.5, 0.6) is 0 Å². The van der Waals surface area contributed by atoms with Crippen LogP contribution in [0.2, 0.25) is 0 Å². The van der Waals surface area contributed by atoms with E-state index >= 15 is 0 Å². The van der Waals surface area contributed by atoms with Gasteiger partial charge in [-0.05, 0) is 50.8 Å². The van der Waals surface area contributed by atoms with Crippen molar-refractivity contribution in [1.82, 2.24) is 15.3 Å². The standard InChI is InChI=1S/C20H27N3OS/c1-4-10-22-17(5-1)19(8-11-21-15-18-23-12-14-25-18)9-13-24-20(16-19)6-2-3-7-20/h1,4-5,10,12,14,21H,2-3,6-9,11,13,15-16H2/t19-/m1/s1. The van der Waals surface area contributed by atoms with Crippen molar-refractivity contribution in [2.45, 2.75) is 62.5 Å². The Morgan fingerprint density at radius 2 is 2.04 bits per heavy atom. The van der Waals surface area contributed by atoms with E-state index in [1.54, 1.807) is 11.3 Å². The van der Waals surface area contributed by atoms with Crippen LogP contribution in [0, 0.1) is 0 Å². The smallest absolute Gasteiger partial charge is 0.106 e. The minimum atomic E-state index is 0.102. The van der Waals surface area contributed by atoms with Gasteiger partial charge in [0.25, 0.3) is 0 Å². The minimum Gasteiger partial charge on any atom is -0.375 e. The van der Waals surface area contributed by atoms with Gasteiger partial charge in [0.1, 0.15) is 5.01 Å². The fraction of sp³-hybridized carbons (Fsp3) is 0.600. The maximum absolute atomic E-state index is 6.31. The maximum Gasteiger partial charge on any atom is 0.106 e. The highest BCUT2D eigenvalue weighted by Gasteiger charge is 2.48. The molecule has 5 heteroatoms. The summed E-state index contributed by atoms with van der Waals surface area (Å²) in [7, 11) is 0. The van der Waals surface area contributed by atoms with E-state index in [0.29, 0.717) is 0 Å². The number of rotatable bonds is 6. The first-order valence-corrected chi connectivity index (χ1v) is 10.3. The monoisotopic (exact) mass is 357 g/mol. The Hall–Kier alpha value is -1.30. The molecule has 3 heterocycles. The second kappa shape index (κ2) is 7.52.